The number of aromatic nitrogens is 2. The van der Waals surface area contributed by atoms with Gasteiger partial charge in [0.1, 0.15) is 5.75 Å². The van der Waals surface area contributed by atoms with E-state index in [0.29, 0.717) is 24.9 Å². The Kier molecular flexibility index (Phi) is 5.25. The number of aliphatic hydroxyl groups is 1. The molecule has 0 amide bonds. The monoisotopic (exact) mass is 383 g/mol. The van der Waals surface area contributed by atoms with Crippen molar-refractivity contribution in [2.24, 2.45) is 0 Å². The van der Waals surface area contributed by atoms with E-state index in [0.717, 1.165) is 30.8 Å². The minimum atomic E-state index is -0.878. The third-order valence-electron chi connectivity index (χ3n) is 6.21. The molecule has 1 aromatic heterocycles. The molecule has 3 heterocycles. The van der Waals surface area contributed by atoms with Crippen molar-refractivity contribution >= 4 is 0 Å². The minimum Gasteiger partial charge on any atom is -0.497 e. The zero-order chi connectivity index (χ0) is 19.7. The number of aryl methyl sites for hydroxylation is 1. The van der Waals surface area contributed by atoms with E-state index >= 15 is 0 Å². The number of nitrogens with zero attached hydrogens (tertiary/aromatic N) is 3. The highest BCUT2D eigenvalue weighted by atomic mass is 16.5. The Morgan fingerprint density at radius 1 is 1.14 bits per heavy atom. The summed E-state index contributed by atoms with van der Waals surface area (Å²) in [7, 11) is 1.68. The van der Waals surface area contributed by atoms with Crippen LogP contribution in [0.25, 0.3) is 0 Å². The molecule has 1 aromatic carbocycles. The molecule has 4 rings (SSSR count). The maximum absolute atomic E-state index is 12.2. The first kappa shape index (κ1) is 19.2. The first-order chi connectivity index (χ1) is 13.5. The van der Waals surface area contributed by atoms with Gasteiger partial charge >= 0.3 is 0 Å². The van der Waals surface area contributed by atoms with E-state index in [1.165, 1.54) is 22.7 Å². The van der Waals surface area contributed by atoms with Gasteiger partial charge in [-0.15, -0.1) is 0 Å². The number of fused-ring (bicyclic) bond motifs is 2. The fraction of sp³-hybridized carbons (Fsp3) is 0.545. The lowest BCUT2D eigenvalue weighted by molar-refractivity contribution is -0.105. The molecule has 2 atom stereocenters. The van der Waals surface area contributed by atoms with Gasteiger partial charge in [-0.2, -0.15) is 5.10 Å². The smallest absolute Gasteiger partial charge is 0.266 e. The summed E-state index contributed by atoms with van der Waals surface area (Å²) in [5.41, 5.74) is 1.03. The normalized spacial score (nSPS) is 27.5. The summed E-state index contributed by atoms with van der Waals surface area (Å²) in [5, 5.41) is 15.7. The zero-order valence-corrected chi connectivity index (χ0v) is 16.7. The Morgan fingerprint density at radius 3 is 2.46 bits per heavy atom. The predicted octanol–water partition coefficient (Wildman–Crippen LogP) is 2.51. The van der Waals surface area contributed by atoms with E-state index in [1.54, 1.807) is 13.2 Å². The molecule has 2 aliphatic rings. The second-order valence-electron chi connectivity index (χ2n) is 8.36. The number of hydrogen-bond donors (Lipinski definition) is 1. The fourth-order valence-corrected chi connectivity index (χ4v) is 4.89. The molecule has 2 bridgehead atoms. The van der Waals surface area contributed by atoms with Crippen LogP contribution in [0.3, 0.4) is 0 Å². The molecule has 2 aliphatic heterocycles. The average molecular weight is 383 g/mol. The molecule has 0 aliphatic carbocycles. The molecule has 2 saturated heterocycles. The molecule has 0 saturated carbocycles. The Bertz CT molecular complexity index is 863. The van der Waals surface area contributed by atoms with Gasteiger partial charge in [0, 0.05) is 24.7 Å². The Morgan fingerprint density at radius 2 is 1.82 bits per heavy atom. The number of piperidine rings is 2. The SMILES string of the molecule is COc1ccc(CN2[C@H]3CCC[C@H]2CC(O)(Cn2nc(C)ccc2=O)C3)cc1. The topological polar surface area (TPSA) is 67.6 Å². The first-order valence-corrected chi connectivity index (χ1v) is 10.1. The molecule has 150 valence electrons. The van der Waals surface area contributed by atoms with E-state index in [9.17, 15) is 9.90 Å². The van der Waals surface area contributed by atoms with Crippen LogP contribution < -0.4 is 10.3 Å². The Labute approximate surface area is 165 Å². The van der Waals surface area contributed by atoms with Crippen LogP contribution in [0.5, 0.6) is 5.75 Å². The highest BCUT2D eigenvalue weighted by molar-refractivity contribution is 5.27. The molecule has 0 unspecified atom stereocenters. The third kappa shape index (κ3) is 3.98. The highest BCUT2D eigenvalue weighted by Gasteiger charge is 2.45. The van der Waals surface area contributed by atoms with Crippen LogP contribution in [0.4, 0.5) is 0 Å². The summed E-state index contributed by atoms with van der Waals surface area (Å²) in [4.78, 5) is 14.7. The van der Waals surface area contributed by atoms with Crippen LogP contribution in [0, 0.1) is 6.92 Å². The average Bonchev–Trinajstić information content (AvgIpc) is 2.66. The Balaban J connectivity index is 1.50. The molecule has 2 aromatic rings. The van der Waals surface area contributed by atoms with Crippen LogP contribution in [0.15, 0.2) is 41.2 Å². The number of hydrogen-bond acceptors (Lipinski definition) is 5. The standard InChI is InChI=1S/C22H29N3O3/c1-16-6-11-21(26)25(23-16)15-22(27)12-18-4-3-5-19(13-22)24(18)14-17-7-9-20(28-2)10-8-17/h6-11,18-19,27H,3-5,12-15H2,1-2H3/t18-,19-/m0/s1. The molecular weight excluding hydrogens is 354 g/mol. The van der Waals surface area contributed by atoms with Crippen molar-refractivity contribution in [2.75, 3.05) is 7.11 Å². The number of benzene rings is 1. The van der Waals surface area contributed by atoms with Crippen molar-refractivity contribution in [1.82, 2.24) is 14.7 Å². The maximum atomic E-state index is 12.2. The minimum absolute atomic E-state index is 0.148. The van der Waals surface area contributed by atoms with Gasteiger partial charge in [-0.05, 0) is 56.4 Å². The summed E-state index contributed by atoms with van der Waals surface area (Å²) < 4.78 is 6.69. The summed E-state index contributed by atoms with van der Waals surface area (Å²) in [6.45, 7) is 3.03. The van der Waals surface area contributed by atoms with Crippen molar-refractivity contribution in [1.29, 1.82) is 0 Å². The van der Waals surface area contributed by atoms with E-state index in [4.69, 9.17) is 4.74 Å². The number of rotatable bonds is 5. The van der Waals surface area contributed by atoms with Gasteiger partial charge in [0.05, 0.1) is 24.9 Å². The van der Waals surface area contributed by atoms with Gasteiger partial charge in [0.15, 0.2) is 0 Å². The van der Waals surface area contributed by atoms with E-state index in [1.807, 2.05) is 19.1 Å². The van der Waals surface area contributed by atoms with Crippen molar-refractivity contribution in [3.63, 3.8) is 0 Å². The van der Waals surface area contributed by atoms with Gasteiger partial charge in [0.2, 0.25) is 0 Å². The van der Waals surface area contributed by atoms with Gasteiger partial charge < -0.3 is 9.84 Å². The quantitative estimate of drug-likeness (QED) is 0.859. The number of ether oxygens (including phenoxy) is 1. The van der Waals surface area contributed by atoms with Crippen molar-refractivity contribution in [2.45, 2.75) is 69.8 Å². The summed E-state index contributed by atoms with van der Waals surface area (Å²) in [6.07, 6.45) is 4.74. The van der Waals surface area contributed by atoms with Gasteiger partial charge in [0.25, 0.3) is 5.56 Å². The zero-order valence-electron chi connectivity index (χ0n) is 16.7. The van der Waals surface area contributed by atoms with E-state index in [-0.39, 0.29) is 12.1 Å². The van der Waals surface area contributed by atoms with Crippen LogP contribution in [0.2, 0.25) is 0 Å². The van der Waals surface area contributed by atoms with Crippen molar-refractivity contribution < 1.29 is 9.84 Å². The lowest BCUT2D eigenvalue weighted by atomic mass is 9.75. The highest BCUT2D eigenvalue weighted by Crippen LogP contribution is 2.40. The first-order valence-electron chi connectivity index (χ1n) is 10.1. The van der Waals surface area contributed by atoms with E-state index in [2.05, 4.69) is 22.1 Å². The summed E-state index contributed by atoms with van der Waals surface area (Å²) in [6, 6.07) is 12.2. The molecule has 0 radical (unpaired) electrons. The summed E-state index contributed by atoms with van der Waals surface area (Å²) in [5.74, 6) is 0.869. The van der Waals surface area contributed by atoms with Gasteiger partial charge in [-0.3, -0.25) is 9.69 Å². The Hall–Kier alpha value is -2.18. The van der Waals surface area contributed by atoms with Crippen LogP contribution >= 0.6 is 0 Å². The fourth-order valence-electron chi connectivity index (χ4n) is 4.89. The molecule has 0 spiro atoms. The van der Waals surface area contributed by atoms with Crippen LogP contribution in [0.1, 0.15) is 43.4 Å². The van der Waals surface area contributed by atoms with Gasteiger partial charge in [-0.25, -0.2) is 4.68 Å². The second-order valence-corrected chi connectivity index (χ2v) is 8.36. The molecule has 1 N–H and O–H groups in total. The van der Waals surface area contributed by atoms with Crippen molar-refractivity contribution in [3.8, 4) is 5.75 Å². The second kappa shape index (κ2) is 7.68. The lowest BCUT2D eigenvalue weighted by Crippen LogP contribution is -2.59. The van der Waals surface area contributed by atoms with E-state index < -0.39 is 5.60 Å². The largest absolute Gasteiger partial charge is 0.497 e. The molecule has 6 heteroatoms. The third-order valence-corrected chi connectivity index (χ3v) is 6.21. The molecule has 28 heavy (non-hydrogen) atoms. The lowest BCUT2D eigenvalue weighted by Gasteiger charge is -2.52. The van der Waals surface area contributed by atoms with Crippen LogP contribution in [-0.4, -0.2) is 44.6 Å². The summed E-state index contributed by atoms with van der Waals surface area (Å²) >= 11 is 0. The molecule has 6 nitrogen and oxygen atoms in total. The molecular formula is C22H29N3O3. The molecule has 2 fully saturated rings. The van der Waals surface area contributed by atoms with Crippen molar-refractivity contribution in [3.05, 3.63) is 58.0 Å². The number of methoxy groups -OCH3 is 1. The predicted molar refractivity (Wildman–Crippen MR) is 107 cm³/mol. The maximum Gasteiger partial charge on any atom is 0.266 e. The van der Waals surface area contributed by atoms with Crippen LogP contribution in [-0.2, 0) is 13.1 Å². The van der Waals surface area contributed by atoms with Gasteiger partial charge in [-0.1, -0.05) is 18.6 Å².